The van der Waals surface area contributed by atoms with Crippen LogP contribution in [-0.2, 0) is 20.7 Å². The van der Waals surface area contributed by atoms with E-state index in [0.717, 1.165) is 42.4 Å². The quantitative estimate of drug-likeness (QED) is 0.294. The lowest BCUT2D eigenvalue weighted by atomic mass is 9.87. The van der Waals surface area contributed by atoms with Gasteiger partial charge in [0.05, 0.1) is 40.8 Å². The Bertz CT molecular complexity index is 1520. The topological polar surface area (TPSA) is 99.2 Å². The minimum atomic E-state index is -0.746. The van der Waals surface area contributed by atoms with Gasteiger partial charge in [0.2, 0.25) is 5.91 Å². The monoisotopic (exact) mass is 627 g/mol. The summed E-state index contributed by atoms with van der Waals surface area (Å²) >= 11 is 7.94. The lowest BCUT2D eigenvalue weighted by Gasteiger charge is -2.45. The maximum absolute atomic E-state index is 15.3. The summed E-state index contributed by atoms with van der Waals surface area (Å²) in [6.45, 7) is 2.36. The van der Waals surface area contributed by atoms with Gasteiger partial charge in [-0.1, -0.05) is 29.8 Å². The van der Waals surface area contributed by atoms with Crippen molar-refractivity contribution in [3.63, 3.8) is 0 Å². The van der Waals surface area contributed by atoms with Gasteiger partial charge < -0.3 is 20.1 Å². The number of hydrogen-bond donors (Lipinski definition) is 2. The summed E-state index contributed by atoms with van der Waals surface area (Å²) in [4.78, 5) is 42.0. The third-order valence-electron chi connectivity index (χ3n) is 9.01. The first-order chi connectivity index (χ1) is 20.8. The van der Waals surface area contributed by atoms with Crippen LogP contribution in [0.1, 0.15) is 60.9 Å². The summed E-state index contributed by atoms with van der Waals surface area (Å²) in [5, 5.41) is 14.8. The number of nitrogens with one attached hydrogen (secondary N) is 1. The average Bonchev–Trinajstić information content (AvgIpc) is 3.62. The molecule has 2 atom stereocenters. The summed E-state index contributed by atoms with van der Waals surface area (Å²) in [6.07, 6.45) is 4.83. The fourth-order valence-electron chi connectivity index (χ4n) is 6.48. The van der Waals surface area contributed by atoms with Crippen LogP contribution >= 0.6 is 22.9 Å². The first-order valence-electron chi connectivity index (χ1n) is 15.0. The van der Waals surface area contributed by atoms with E-state index in [-0.39, 0.29) is 58.8 Å². The zero-order chi connectivity index (χ0) is 30.1. The molecule has 11 heteroatoms. The van der Waals surface area contributed by atoms with E-state index in [1.165, 1.54) is 23.5 Å². The number of amides is 2. The van der Waals surface area contributed by atoms with Crippen LogP contribution in [0.15, 0.2) is 41.8 Å². The van der Waals surface area contributed by atoms with Crippen molar-refractivity contribution < 1.29 is 28.6 Å². The summed E-state index contributed by atoms with van der Waals surface area (Å²) in [7, 11) is 0. The number of fused-ring (bicyclic) bond motifs is 1. The molecule has 0 radical (unpaired) electrons. The number of carbonyl (C=O) groups excluding carboxylic acids is 2. The van der Waals surface area contributed by atoms with Crippen LogP contribution in [0.3, 0.4) is 0 Å². The van der Waals surface area contributed by atoms with E-state index >= 15 is 4.39 Å². The van der Waals surface area contributed by atoms with Gasteiger partial charge in [-0.05, 0) is 68.7 Å². The molecule has 2 saturated heterocycles. The van der Waals surface area contributed by atoms with Crippen LogP contribution < -0.4 is 5.32 Å². The van der Waals surface area contributed by atoms with Crippen molar-refractivity contribution in [1.29, 1.82) is 0 Å². The summed E-state index contributed by atoms with van der Waals surface area (Å²) in [5.41, 5.74) is 0.817. The maximum atomic E-state index is 15.3. The number of thiophene rings is 1. The van der Waals surface area contributed by atoms with Gasteiger partial charge in [0.1, 0.15) is 12.0 Å². The first kappa shape index (κ1) is 30.0. The number of carbonyl (C=O) groups is 3. The van der Waals surface area contributed by atoms with Gasteiger partial charge in [0, 0.05) is 35.1 Å². The van der Waals surface area contributed by atoms with Crippen molar-refractivity contribution in [3.05, 3.63) is 63.7 Å². The van der Waals surface area contributed by atoms with E-state index in [1.807, 2.05) is 29.2 Å². The molecular formula is C32H35ClFN3O5S. The molecule has 0 spiro atoms. The Balaban J connectivity index is 1.12. The number of carboxylic acids is 1. The van der Waals surface area contributed by atoms with Crippen LogP contribution in [0, 0.1) is 11.7 Å². The van der Waals surface area contributed by atoms with E-state index in [4.69, 9.17) is 16.3 Å². The highest BCUT2D eigenvalue weighted by Gasteiger charge is 2.42. The molecule has 0 bridgehead atoms. The number of ether oxygens (including phenoxy) is 1. The number of hydrogen-bond acceptors (Lipinski definition) is 6. The van der Waals surface area contributed by atoms with Gasteiger partial charge in [-0.25, -0.2) is 4.39 Å². The van der Waals surface area contributed by atoms with Gasteiger partial charge >= 0.3 is 5.97 Å². The highest BCUT2D eigenvalue weighted by molar-refractivity contribution is 7.17. The number of anilines is 1. The van der Waals surface area contributed by atoms with E-state index in [1.54, 1.807) is 5.38 Å². The predicted molar refractivity (Wildman–Crippen MR) is 164 cm³/mol. The average molecular weight is 628 g/mol. The fraction of sp³-hybridized carbons (Fsp3) is 0.469. The normalized spacial score (nSPS) is 23.2. The molecule has 8 nitrogen and oxygen atoms in total. The molecule has 3 aromatic rings. The molecule has 1 saturated carbocycles. The molecule has 1 unspecified atom stereocenters. The van der Waals surface area contributed by atoms with Crippen LogP contribution in [-0.4, -0.2) is 70.7 Å². The molecule has 228 valence electrons. The predicted octanol–water partition coefficient (Wildman–Crippen LogP) is 6.17. The Kier molecular flexibility index (Phi) is 9.00. The van der Waals surface area contributed by atoms with Crippen LogP contribution in [0.25, 0.3) is 10.1 Å². The first-order valence-corrected chi connectivity index (χ1v) is 16.2. The zero-order valence-electron chi connectivity index (χ0n) is 23.8. The molecule has 3 heterocycles. The van der Waals surface area contributed by atoms with Gasteiger partial charge in [-0.3, -0.25) is 19.3 Å². The molecule has 3 fully saturated rings. The molecule has 2 aliphatic heterocycles. The molecule has 2 aromatic carbocycles. The Morgan fingerprint density at radius 1 is 1.07 bits per heavy atom. The Morgan fingerprint density at radius 3 is 2.56 bits per heavy atom. The molecular weight excluding hydrogens is 593 g/mol. The Hall–Kier alpha value is -3.05. The second-order valence-corrected chi connectivity index (χ2v) is 13.0. The van der Waals surface area contributed by atoms with Crippen LogP contribution in [0.5, 0.6) is 0 Å². The lowest BCUT2D eigenvalue weighted by Crippen LogP contribution is -2.57. The van der Waals surface area contributed by atoms with Crippen molar-refractivity contribution in [2.45, 2.75) is 69.7 Å². The van der Waals surface area contributed by atoms with E-state index in [0.29, 0.717) is 37.8 Å². The summed E-state index contributed by atoms with van der Waals surface area (Å²) in [5.74, 6) is -2.24. The van der Waals surface area contributed by atoms with E-state index in [2.05, 4.69) is 10.2 Å². The number of halogens is 2. The second kappa shape index (κ2) is 12.9. The molecule has 1 aliphatic carbocycles. The number of nitrogens with zero attached hydrogens (tertiary/aromatic N) is 2. The number of likely N-dealkylation sites (tertiary alicyclic amines) is 2. The summed E-state index contributed by atoms with van der Waals surface area (Å²) in [6, 6.07) is 10.0. The van der Waals surface area contributed by atoms with Crippen LogP contribution in [0.2, 0.25) is 5.02 Å². The highest BCUT2D eigenvalue weighted by atomic mass is 35.5. The molecule has 2 amide bonds. The minimum absolute atomic E-state index is 0.0372. The number of benzene rings is 2. The third kappa shape index (κ3) is 6.43. The zero-order valence-corrected chi connectivity index (χ0v) is 25.3. The molecule has 2 N–H and O–H groups in total. The molecule has 1 aromatic heterocycles. The maximum Gasteiger partial charge on any atom is 0.306 e. The molecule has 43 heavy (non-hydrogen) atoms. The van der Waals surface area contributed by atoms with E-state index in [9.17, 15) is 19.5 Å². The molecule has 6 rings (SSSR count). The summed E-state index contributed by atoms with van der Waals surface area (Å²) < 4.78 is 22.9. The second-order valence-electron chi connectivity index (χ2n) is 11.7. The SMILES string of the molecule is O=C(Nc1cc(F)c(CC(=O)N2CCC[C@H]2C(OC2CCC(C(=O)O)CC2)N2CCC2)cc1Cl)c1csc2ccccc12. The highest BCUT2D eigenvalue weighted by Crippen LogP contribution is 2.34. The van der Waals surface area contributed by atoms with Crippen molar-refractivity contribution in [2.75, 3.05) is 25.0 Å². The van der Waals surface area contributed by atoms with Crippen molar-refractivity contribution in [1.82, 2.24) is 9.80 Å². The number of aliphatic carboxylic acids is 1. The Labute approximate surface area is 258 Å². The number of carboxylic acid groups (broad SMARTS) is 1. The van der Waals surface area contributed by atoms with Crippen molar-refractivity contribution in [3.8, 4) is 0 Å². The van der Waals surface area contributed by atoms with E-state index < -0.39 is 11.8 Å². The smallest absolute Gasteiger partial charge is 0.306 e. The van der Waals surface area contributed by atoms with Crippen LogP contribution in [0.4, 0.5) is 10.1 Å². The van der Waals surface area contributed by atoms with Gasteiger partial charge in [-0.15, -0.1) is 11.3 Å². The van der Waals surface area contributed by atoms with Crippen molar-refractivity contribution in [2.24, 2.45) is 5.92 Å². The van der Waals surface area contributed by atoms with Gasteiger partial charge in [-0.2, -0.15) is 0 Å². The third-order valence-corrected chi connectivity index (χ3v) is 10.3. The minimum Gasteiger partial charge on any atom is -0.481 e. The largest absolute Gasteiger partial charge is 0.481 e. The lowest BCUT2D eigenvalue weighted by molar-refractivity contribution is -0.169. The standard InChI is InChI=1S/C32H35ClFN3O5S/c33-24-15-20(25(34)17-26(24)35-30(39)23-18-43-28-7-2-1-5-22(23)28)16-29(38)37-14-3-6-27(37)31(36-12-4-13-36)42-21-10-8-19(9-11-21)32(40)41/h1-2,5,7,15,17-19,21,27,31H,3-4,6,8-14,16H2,(H,35,39)(H,40,41)/t19?,21?,27-,31?/m0/s1. The molecule has 3 aliphatic rings. The number of rotatable bonds is 9. The van der Waals surface area contributed by atoms with Gasteiger partial charge in [0.15, 0.2) is 0 Å². The fourth-order valence-corrected chi connectivity index (χ4v) is 7.66. The Morgan fingerprint density at radius 2 is 1.84 bits per heavy atom. The van der Waals surface area contributed by atoms with Gasteiger partial charge in [0.25, 0.3) is 5.91 Å². The van der Waals surface area contributed by atoms with Crippen molar-refractivity contribution >= 4 is 56.5 Å².